The second-order valence-corrected chi connectivity index (χ2v) is 10.1. The Hall–Kier alpha value is -5.40. The number of anilines is 2. The fourth-order valence-electron chi connectivity index (χ4n) is 5.58. The van der Waals surface area contributed by atoms with Gasteiger partial charge in [-0.3, -0.25) is 19.2 Å². The van der Waals surface area contributed by atoms with E-state index < -0.39 is 86.4 Å². The van der Waals surface area contributed by atoms with Gasteiger partial charge < -0.3 is 0 Å². The molecule has 0 aliphatic carbocycles. The molecular weight excluding hydrogens is 616 g/mol. The first-order chi connectivity index (χ1) is 21.1. The summed E-state index contributed by atoms with van der Waals surface area (Å²) >= 11 is 0. The van der Waals surface area contributed by atoms with E-state index in [9.17, 15) is 54.3 Å². The topological polar surface area (TPSA) is 74.8 Å². The lowest BCUT2D eigenvalue weighted by atomic mass is 9.71. The first kappa shape index (κ1) is 29.7. The number of amides is 4. The van der Waals surface area contributed by atoms with Crippen molar-refractivity contribution in [2.45, 2.75) is 17.8 Å². The van der Waals surface area contributed by atoms with Gasteiger partial charge in [0, 0.05) is 0 Å². The summed E-state index contributed by atoms with van der Waals surface area (Å²) in [7, 11) is 0. The normalized spacial score (nSPS) is 15.2. The highest BCUT2D eigenvalue weighted by Crippen LogP contribution is 2.57. The molecule has 0 bridgehead atoms. The van der Waals surface area contributed by atoms with Crippen molar-refractivity contribution in [3.8, 4) is 0 Å². The summed E-state index contributed by atoms with van der Waals surface area (Å²) in [6.07, 6.45) is -12.3. The molecule has 0 saturated carbocycles. The number of rotatable bonds is 4. The van der Waals surface area contributed by atoms with Crippen LogP contribution in [0.25, 0.3) is 0 Å². The Balaban J connectivity index is 1.51. The highest BCUT2D eigenvalue weighted by molar-refractivity contribution is 6.35. The van der Waals surface area contributed by atoms with E-state index in [2.05, 4.69) is 0 Å². The first-order valence-electron chi connectivity index (χ1n) is 12.8. The van der Waals surface area contributed by atoms with Gasteiger partial charge in [0.15, 0.2) is 0 Å². The molecule has 2 heterocycles. The van der Waals surface area contributed by atoms with Gasteiger partial charge in [-0.05, 0) is 83.9 Å². The molecule has 0 radical (unpaired) electrons. The third-order valence-corrected chi connectivity index (χ3v) is 7.66. The van der Waals surface area contributed by atoms with E-state index in [1.807, 2.05) is 0 Å². The van der Waals surface area contributed by atoms with E-state index in [4.69, 9.17) is 0 Å². The number of carbonyl (C=O) groups excluding carboxylic acids is 4. The Morgan fingerprint density at radius 2 is 0.733 bits per heavy atom. The molecule has 2 aliphatic heterocycles. The van der Waals surface area contributed by atoms with Crippen LogP contribution < -0.4 is 9.80 Å². The predicted octanol–water partition coefficient (Wildman–Crippen LogP) is 6.98. The van der Waals surface area contributed by atoms with E-state index in [0.717, 1.165) is 48.5 Å². The van der Waals surface area contributed by atoms with E-state index >= 15 is 0 Å². The number of benzene rings is 4. The number of imide groups is 2. The van der Waals surface area contributed by atoms with E-state index in [-0.39, 0.29) is 11.4 Å². The number of carbonyl (C=O) groups is 4. The third-order valence-electron chi connectivity index (χ3n) is 7.66. The van der Waals surface area contributed by atoms with Crippen molar-refractivity contribution >= 4 is 35.0 Å². The van der Waals surface area contributed by atoms with Crippen LogP contribution in [0.2, 0.25) is 0 Å². The van der Waals surface area contributed by atoms with Crippen molar-refractivity contribution in [1.82, 2.24) is 0 Å². The Kier molecular flexibility index (Phi) is 6.46. The molecule has 0 N–H and O–H groups in total. The molecule has 0 fully saturated rings. The van der Waals surface area contributed by atoms with Crippen LogP contribution in [0.15, 0.2) is 84.9 Å². The van der Waals surface area contributed by atoms with Crippen LogP contribution >= 0.6 is 0 Å². The molecule has 4 aromatic carbocycles. The highest BCUT2D eigenvalue weighted by Gasteiger charge is 2.73. The van der Waals surface area contributed by atoms with Gasteiger partial charge in [-0.1, -0.05) is 12.1 Å². The standard InChI is InChI=1S/C31H14F8N2O4/c32-17-3-7-19(8-4-17)40-25(42)21-11-1-15(13-23(21)27(40)44)29(30(34,35)36,31(37,38)39)16-2-12-22-24(14-16)28(45)41(26(22)43)20-9-5-18(33)6-10-20/h1-14H. The number of fused-ring (bicyclic) bond motifs is 2. The molecule has 0 spiro atoms. The molecule has 4 amide bonds. The van der Waals surface area contributed by atoms with Crippen molar-refractivity contribution in [1.29, 1.82) is 0 Å². The highest BCUT2D eigenvalue weighted by atomic mass is 19.4. The average Bonchev–Trinajstić information content (AvgIpc) is 3.36. The molecule has 0 atom stereocenters. The summed E-state index contributed by atoms with van der Waals surface area (Å²) in [4.78, 5) is 53.2. The van der Waals surface area contributed by atoms with Gasteiger partial charge in [-0.2, -0.15) is 26.3 Å². The zero-order valence-electron chi connectivity index (χ0n) is 22.1. The van der Waals surface area contributed by atoms with Gasteiger partial charge in [0.2, 0.25) is 5.41 Å². The van der Waals surface area contributed by atoms with Crippen LogP contribution in [0, 0.1) is 11.6 Å². The second kappa shape index (κ2) is 9.81. The molecule has 2 aliphatic rings. The Morgan fingerprint density at radius 1 is 0.422 bits per heavy atom. The molecule has 45 heavy (non-hydrogen) atoms. The minimum Gasteiger partial charge on any atom is -0.268 e. The minimum atomic E-state index is -6.14. The molecule has 14 heteroatoms. The lowest BCUT2D eigenvalue weighted by Gasteiger charge is -2.38. The minimum absolute atomic E-state index is 0.172. The summed E-state index contributed by atoms with van der Waals surface area (Å²) < 4.78 is 116. The number of halogens is 8. The largest absolute Gasteiger partial charge is 0.411 e. The van der Waals surface area contributed by atoms with Gasteiger partial charge in [0.1, 0.15) is 11.6 Å². The van der Waals surface area contributed by atoms with Gasteiger partial charge in [-0.15, -0.1) is 0 Å². The molecule has 0 aromatic heterocycles. The Morgan fingerprint density at radius 3 is 1.04 bits per heavy atom. The van der Waals surface area contributed by atoms with Crippen molar-refractivity contribution in [2.24, 2.45) is 0 Å². The van der Waals surface area contributed by atoms with Crippen LogP contribution in [0.5, 0.6) is 0 Å². The number of alkyl halides is 6. The monoisotopic (exact) mass is 630 g/mol. The maximum absolute atomic E-state index is 14.9. The van der Waals surface area contributed by atoms with E-state index in [1.54, 1.807) is 0 Å². The average molecular weight is 630 g/mol. The summed E-state index contributed by atoms with van der Waals surface area (Å²) in [6, 6.07) is 10.5. The predicted molar refractivity (Wildman–Crippen MR) is 141 cm³/mol. The Labute approximate surface area is 247 Å². The van der Waals surface area contributed by atoms with Gasteiger partial charge in [-0.25, -0.2) is 18.6 Å². The zero-order valence-corrected chi connectivity index (χ0v) is 22.1. The van der Waals surface area contributed by atoms with E-state index in [0.29, 0.717) is 46.2 Å². The van der Waals surface area contributed by atoms with Crippen LogP contribution in [-0.4, -0.2) is 36.0 Å². The summed E-state index contributed by atoms with van der Waals surface area (Å²) in [5, 5.41) is 0. The lowest BCUT2D eigenvalue weighted by Crippen LogP contribution is -2.55. The fourth-order valence-corrected chi connectivity index (χ4v) is 5.58. The van der Waals surface area contributed by atoms with Crippen molar-refractivity contribution in [3.05, 3.63) is 130 Å². The zero-order chi connectivity index (χ0) is 32.6. The first-order valence-corrected chi connectivity index (χ1v) is 12.8. The van der Waals surface area contributed by atoms with Crippen LogP contribution in [0.4, 0.5) is 46.5 Å². The van der Waals surface area contributed by atoms with Crippen LogP contribution in [0.1, 0.15) is 52.6 Å². The van der Waals surface area contributed by atoms with E-state index in [1.165, 1.54) is 0 Å². The number of nitrogens with zero attached hydrogens (tertiary/aromatic N) is 2. The van der Waals surface area contributed by atoms with Crippen molar-refractivity contribution < 1.29 is 54.3 Å². The maximum Gasteiger partial charge on any atom is 0.411 e. The molecule has 4 aromatic rings. The number of hydrogen-bond donors (Lipinski definition) is 0. The van der Waals surface area contributed by atoms with Gasteiger partial charge in [0.05, 0.1) is 33.6 Å². The molecule has 0 saturated heterocycles. The summed E-state index contributed by atoms with van der Waals surface area (Å²) in [6.45, 7) is 0. The molecule has 228 valence electrons. The molecule has 6 rings (SSSR count). The second-order valence-electron chi connectivity index (χ2n) is 10.1. The van der Waals surface area contributed by atoms with Crippen LogP contribution in [-0.2, 0) is 5.41 Å². The van der Waals surface area contributed by atoms with Gasteiger partial charge >= 0.3 is 12.4 Å². The SMILES string of the molecule is O=C1c2ccc(C(c3ccc4c(c3)C(=O)N(c3ccc(F)cc3)C4=O)(C(F)(F)F)C(F)(F)F)cc2C(=O)N1c1ccc(F)cc1. The molecular formula is C31H14F8N2O4. The lowest BCUT2D eigenvalue weighted by molar-refractivity contribution is -0.288. The fraction of sp³-hybridized carbons (Fsp3) is 0.0968. The maximum atomic E-state index is 14.9. The van der Waals surface area contributed by atoms with Gasteiger partial charge in [0.25, 0.3) is 23.6 Å². The van der Waals surface area contributed by atoms with Crippen molar-refractivity contribution in [3.63, 3.8) is 0 Å². The molecule has 0 unspecified atom stereocenters. The Bertz CT molecular complexity index is 1790. The molecule has 6 nitrogen and oxygen atoms in total. The third kappa shape index (κ3) is 4.23. The van der Waals surface area contributed by atoms with Crippen molar-refractivity contribution in [2.75, 3.05) is 9.80 Å². The van der Waals surface area contributed by atoms with Crippen LogP contribution in [0.3, 0.4) is 0 Å². The summed E-state index contributed by atoms with van der Waals surface area (Å²) in [5.41, 5.74) is -10.7. The smallest absolute Gasteiger partial charge is 0.268 e. The summed E-state index contributed by atoms with van der Waals surface area (Å²) in [5.74, 6) is -6.06. The number of hydrogen-bond acceptors (Lipinski definition) is 4. The quantitative estimate of drug-likeness (QED) is 0.180.